The Morgan fingerprint density at radius 1 is 1.32 bits per heavy atom. The zero-order valence-corrected chi connectivity index (χ0v) is 17.5. The molecule has 2 atom stereocenters. The van der Waals surface area contributed by atoms with Crippen molar-refractivity contribution >= 4 is 27.5 Å². The summed E-state index contributed by atoms with van der Waals surface area (Å²) in [5, 5.41) is 9.03. The maximum absolute atomic E-state index is 12.9. The minimum absolute atomic E-state index is 0.0516. The Kier molecular flexibility index (Phi) is 5.17. The van der Waals surface area contributed by atoms with Gasteiger partial charge in [0.15, 0.2) is 20.8 Å². The number of sulfone groups is 1. The maximum atomic E-state index is 12.9. The van der Waals surface area contributed by atoms with Gasteiger partial charge < -0.3 is 4.90 Å². The van der Waals surface area contributed by atoms with Crippen molar-refractivity contribution in [2.24, 2.45) is 0 Å². The number of aromatic nitrogens is 4. The van der Waals surface area contributed by atoms with Crippen LogP contribution in [0.2, 0.25) is 0 Å². The first-order chi connectivity index (χ1) is 13.4. The first kappa shape index (κ1) is 19.4. The predicted molar refractivity (Wildman–Crippen MR) is 107 cm³/mol. The highest BCUT2D eigenvalue weighted by Gasteiger charge is 2.36. The molecule has 0 radical (unpaired) electrons. The number of carbonyl (C=O) groups excluding carboxylic acids is 1. The second-order valence-corrected chi connectivity index (χ2v) is 11.0. The number of nitrogens with zero attached hydrogens (tertiary/aromatic N) is 5. The molecule has 2 aromatic rings. The summed E-state index contributed by atoms with van der Waals surface area (Å²) in [5.74, 6) is 0.894. The average molecular weight is 422 g/mol. The quantitative estimate of drug-likeness (QED) is 0.656. The molecule has 2 aromatic heterocycles. The minimum Gasteiger partial charge on any atom is -0.341 e. The van der Waals surface area contributed by atoms with Gasteiger partial charge in [0, 0.05) is 37.1 Å². The van der Waals surface area contributed by atoms with Gasteiger partial charge in [-0.1, -0.05) is 11.8 Å². The largest absolute Gasteiger partial charge is 0.341 e. The van der Waals surface area contributed by atoms with E-state index < -0.39 is 9.84 Å². The fourth-order valence-corrected chi connectivity index (χ4v) is 6.26. The molecule has 8 nitrogen and oxygen atoms in total. The van der Waals surface area contributed by atoms with E-state index in [0.29, 0.717) is 12.5 Å². The van der Waals surface area contributed by atoms with Gasteiger partial charge in [-0.2, -0.15) is 0 Å². The van der Waals surface area contributed by atoms with Crippen molar-refractivity contribution in [1.82, 2.24) is 24.6 Å². The lowest BCUT2D eigenvalue weighted by molar-refractivity contribution is -0.130. The topological polar surface area (TPSA) is 98.1 Å². The summed E-state index contributed by atoms with van der Waals surface area (Å²) < 4.78 is 25.5. The second kappa shape index (κ2) is 7.47. The van der Waals surface area contributed by atoms with Crippen LogP contribution in [0.4, 0.5) is 0 Å². The van der Waals surface area contributed by atoms with E-state index in [-0.39, 0.29) is 28.7 Å². The van der Waals surface area contributed by atoms with Crippen LogP contribution < -0.4 is 0 Å². The summed E-state index contributed by atoms with van der Waals surface area (Å²) in [5.41, 5.74) is 0.904. The van der Waals surface area contributed by atoms with Crippen LogP contribution in [0.1, 0.15) is 32.2 Å². The highest BCUT2D eigenvalue weighted by atomic mass is 32.2. The monoisotopic (exact) mass is 421 g/mol. The van der Waals surface area contributed by atoms with E-state index in [2.05, 4.69) is 19.7 Å². The lowest BCUT2D eigenvalue weighted by Gasteiger charge is -2.26. The summed E-state index contributed by atoms with van der Waals surface area (Å²) in [6, 6.07) is 3.93. The van der Waals surface area contributed by atoms with Crippen LogP contribution in [0, 0.1) is 0 Å². The Hall–Kier alpha value is -1.94. The highest BCUT2D eigenvalue weighted by molar-refractivity contribution is 8.00. The van der Waals surface area contributed by atoms with Gasteiger partial charge in [-0.3, -0.25) is 14.3 Å². The number of carbonyl (C=O) groups is 1. The van der Waals surface area contributed by atoms with Gasteiger partial charge in [-0.05, 0) is 38.3 Å². The molecular formula is C18H23N5O3S2. The summed E-state index contributed by atoms with van der Waals surface area (Å²) in [6.45, 7) is 1.84. The van der Waals surface area contributed by atoms with Crippen LogP contribution in [0.3, 0.4) is 0 Å². The smallest absolute Gasteiger partial charge is 0.235 e. The van der Waals surface area contributed by atoms with Crippen LogP contribution in [0.25, 0.3) is 11.4 Å². The summed E-state index contributed by atoms with van der Waals surface area (Å²) in [6.07, 6.45) is 6.13. The van der Waals surface area contributed by atoms with Crippen molar-refractivity contribution in [1.29, 1.82) is 0 Å². The van der Waals surface area contributed by atoms with Gasteiger partial charge in [0.1, 0.15) is 0 Å². The molecule has 0 unspecified atom stereocenters. The van der Waals surface area contributed by atoms with E-state index in [0.717, 1.165) is 29.4 Å². The molecule has 4 rings (SSSR count). The Morgan fingerprint density at radius 2 is 2.11 bits per heavy atom. The van der Waals surface area contributed by atoms with Gasteiger partial charge in [0.2, 0.25) is 5.91 Å². The molecule has 1 saturated heterocycles. The van der Waals surface area contributed by atoms with E-state index in [1.807, 2.05) is 19.1 Å². The normalized spacial score (nSPS) is 22.1. The standard InChI is InChI=1S/C18H23N5O3S2/c1-12(17(24)22(2)15-7-9-28(25,26)11-15)27-18-21-20-16(23(18)14-5-6-14)13-4-3-8-19-10-13/h3-4,8,10,12,14-15H,5-7,9,11H2,1-2H3/t12-,15+/m0/s1. The SMILES string of the molecule is C[C@H](Sc1nnc(-c2cccnc2)n1C1CC1)C(=O)N(C)[C@@H]1CCS(=O)(=O)C1. The molecule has 0 spiro atoms. The molecule has 0 N–H and O–H groups in total. The third kappa shape index (κ3) is 3.93. The Balaban J connectivity index is 1.51. The maximum Gasteiger partial charge on any atom is 0.235 e. The van der Waals surface area contributed by atoms with Crippen molar-refractivity contribution < 1.29 is 13.2 Å². The molecule has 1 saturated carbocycles. The van der Waals surface area contributed by atoms with Crippen molar-refractivity contribution in [3.8, 4) is 11.4 Å². The van der Waals surface area contributed by atoms with Crippen molar-refractivity contribution in [3.63, 3.8) is 0 Å². The number of rotatable bonds is 6. The Bertz CT molecular complexity index is 972. The zero-order chi connectivity index (χ0) is 19.9. The van der Waals surface area contributed by atoms with E-state index in [4.69, 9.17) is 0 Å². The first-order valence-electron chi connectivity index (χ1n) is 9.35. The highest BCUT2D eigenvalue weighted by Crippen LogP contribution is 2.41. The number of pyridine rings is 1. The number of amides is 1. The van der Waals surface area contributed by atoms with Gasteiger partial charge in [0.05, 0.1) is 16.8 Å². The van der Waals surface area contributed by atoms with Crippen LogP contribution >= 0.6 is 11.8 Å². The molecule has 0 bridgehead atoms. The lowest BCUT2D eigenvalue weighted by Crippen LogP contribution is -2.41. The van der Waals surface area contributed by atoms with Crippen molar-refractivity contribution in [3.05, 3.63) is 24.5 Å². The minimum atomic E-state index is -3.03. The second-order valence-electron chi connectivity index (χ2n) is 7.42. The molecule has 150 valence electrons. The fraction of sp³-hybridized carbons (Fsp3) is 0.556. The lowest BCUT2D eigenvalue weighted by atomic mass is 10.2. The molecule has 2 fully saturated rings. The number of hydrogen-bond donors (Lipinski definition) is 0. The number of hydrogen-bond acceptors (Lipinski definition) is 7. The molecule has 2 aliphatic rings. The average Bonchev–Trinajstić information content (AvgIpc) is 3.34. The molecule has 1 amide bonds. The first-order valence-corrected chi connectivity index (χ1v) is 12.0. The van der Waals surface area contributed by atoms with Gasteiger partial charge >= 0.3 is 0 Å². The van der Waals surface area contributed by atoms with Gasteiger partial charge in [-0.25, -0.2) is 8.42 Å². The predicted octanol–water partition coefficient (Wildman–Crippen LogP) is 1.80. The Morgan fingerprint density at radius 3 is 2.71 bits per heavy atom. The molecule has 1 aliphatic carbocycles. The third-order valence-corrected chi connectivity index (χ3v) is 8.02. The molecule has 28 heavy (non-hydrogen) atoms. The summed E-state index contributed by atoms with van der Waals surface area (Å²) >= 11 is 1.38. The molecule has 0 aromatic carbocycles. The van der Waals surface area contributed by atoms with E-state index in [1.165, 1.54) is 11.8 Å². The van der Waals surface area contributed by atoms with Crippen molar-refractivity contribution in [2.45, 2.75) is 48.7 Å². The number of thioether (sulfide) groups is 1. The third-order valence-electron chi connectivity index (χ3n) is 5.23. The van der Waals surface area contributed by atoms with Crippen LogP contribution in [-0.4, -0.2) is 68.8 Å². The van der Waals surface area contributed by atoms with E-state index in [9.17, 15) is 13.2 Å². The molecule has 10 heteroatoms. The van der Waals surface area contributed by atoms with Crippen molar-refractivity contribution in [2.75, 3.05) is 18.6 Å². The van der Waals surface area contributed by atoms with E-state index >= 15 is 0 Å². The molecule has 1 aliphatic heterocycles. The zero-order valence-electron chi connectivity index (χ0n) is 15.9. The van der Waals surface area contributed by atoms with Crippen LogP contribution in [0.5, 0.6) is 0 Å². The molecule has 3 heterocycles. The van der Waals surface area contributed by atoms with Crippen LogP contribution in [-0.2, 0) is 14.6 Å². The summed E-state index contributed by atoms with van der Waals surface area (Å²) in [4.78, 5) is 18.6. The van der Waals surface area contributed by atoms with Gasteiger partial charge in [-0.15, -0.1) is 10.2 Å². The van der Waals surface area contributed by atoms with Gasteiger partial charge in [0.25, 0.3) is 0 Å². The Labute approximate surface area is 168 Å². The molecular weight excluding hydrogens is 398 g/mol. The van der Waals surface area contributed by atoms with Crippen LogP contribution in [0.15, 0.2) is 29.7 Å². The fourth-order valence-electron chi connectivity index (χ4n) is 3.47. The van der Waals surface area contributed by atoms with E-state index in [1.54, 1.807) is 24.3 Å². The summed E-state index contributed by atoms with van der Waals surface area (Å²) in [7, 11) is -1.34.